The van der Waals surface area contributed by atoms with Gasteiger partial charge >= 0.3 is 0 Å². The molecule has 25 heavy (non-hydrogen) atoms. The zero-order valence-corrected chi connectivity index (χ0v) is 16.3. The lowest BCUT2D eigenvalue weighted by atomic mass is 9.47. The first-order valence-electron chi connectivity index (χ1n) is 10.3. The molecule has 0 radical (unpaired) electrons. The molecule has 0 bridgehead atoms. The Morgan fingerprint density at radius 1 is 1.16 bits per heavy atom. The first-order valence-corrected chi connectivity index (χ1v) is 10.3. The van der Waals surface area contributed by atoms with E-state index in [1.807, 2.05) is 19.1 Å². The number of rotatable bonds is 1. The first kappa shape index (κ1) is 17.1. The highest BCUT2D eigenvalue weighted by molar-refractivity contribution is 6.01. The maximum Gasteiger partial charge on any atom is 0.178 e. The molecule has 0 amide bonds. The van der Waals surface area contributed by atoms with E-state index in [9.17, 15) is 4.79 Å². The van der Waals surface area contributed by atoms with Crippen molar-refractivity contribution < 1.29 is 4.79 Å². The second kappa shape index (κ2) is 5.87. The fourth-order valence-corrected chi connectivity index (χ4v) is 7.39. The highest BCUT2D eigenvalue weighted by atomic mass is 16.1. The average molecular weight is 337 g/mol. The monoisotopic (exact) mass is 336 g/mol. The zero-order chi connectivity index (χ0) is 17.8. The van der Waals surface area contributed by atoms with Gasteiger partial charge in [-0.15, -0.1) is 11.8 Å². The van der Waals surface area contributed by atoms with Gasteiger partial charge in [0.2, 0.25) is 0 Å². The highest BCUT2D eigenvalue weighted by Gasteiger charge is 2.58. The van der Waals surface area contributed by atoms with Gasteiger partial charge in [-0.25, -0.2) is 0 Å². The van der Waals surface area contributed by atoms with Crippen molar-refractivity contribution in [2.24, 2.45) is 40.4 Å². The van der Waals surface area contributed by atoms with Crippen molar-refractivity contribution in [2.45, 2.75) is 66.2 Å². The van der Waals surface area contributed by atoms with Crippen LogP contribution in [0.15, 0.2) is 23.8 Å². The van der Waals surface area contributed by atoms with Crippen LogP contribution in [0, 0.1) is 52.3 Å². The molecule has 0 aromatic carbocycles. The van der Waals surface area contributed by atoms with Crippen LogP contribution >= 0.6 is 0 Å². The number of allylic oxidation sites excluding steroid dienone is 4. The Bertz CT molecular complexity index is 701. The molecule has 134 valence electrons. The summed E-state index contributed by atoms with van der Waals surface area (Å²) in [7, 11) is 0. The lowest BCUT2D eigenvalue weighted by Crippen LogP contribution is -2.50. The second-order valence-corrected chi connectivity index (χ2v) is 9.51. The smallest absolute Gasteiger partial charge is 0.178 e. The summed E-state index contributed by atoms with van der Waals surface area (Å²) in [5.41, 5.74) is 2.01. The van der Waals surface area contributed by atoms with E-state index >= 15 is 0 Å². The van der Waals surface area contributed by atoms with Gasteiger partial charge in [-0.05, 0) is 86.7 Å². The molecule has 4 aliphatic rings. The van der Waals surface area contributed by atoms with E-state index in [1.54, 1.807) is 0 Å². The zero-order valence-electron chi connectivity index (χ0n) is 16.3. The fourth-order valence-electron chi connectivity index (χ4n) is 7.39. The minimum Gasteiger partial charge on any atom is -0.290 e. The van der Waals surface area contributed by atoms with Gasteiger partial charge < -0.3 is 0 Å². The maximum absolute atomic E-state index is 11.9. The molecule has 3 saturated carbocycles. The number of hydrogen-bond acceptors (Lipinski definition) is 1. The third-order valence-electron chi connectivity index (χ3n) is 8.61. The van der Waals surface area contributed by atoms with Gasteiger partial charge in [0.1, 0.15) is 0 Å². The molecule has 1 nitrogen and oxygen atoms in total. The molecule has 0 spiro atoms. The minimum absolute atomic E-state index is 0.130. The molecular weight excluding hydrogens is 304 g/mol. The van der Waals surface area contributed by atoms with Crippen LogP contribution in [0.2, 0.25) is 0 Å². The molecule has 7 atom stereocenters. The molecule has 4 aliphatic carbocycles. The van der Waals surface area contributed by atoms with Crippen molar-refractivity contribution in [3.63, 3.8) is 0 Å². The number of carbonyl (C=O) groups excluding carboxylic acids is 1. The average Bonchev–Trinajstić information content (AvgIpc) is 2.93. The van der Waals surface area contributed by atoms with Crippen LogP contribution in [0.4, 0.5) is 0 Å². The van der Waals surface area contributed by atoms with Crippen molar-refractivity contribution in [1.82, 2.24) is 0 Å². The van der Waals surface area contributed by atoms with E-state index in [4.69, 9.17) is 0 Å². The van der Waals surface area contributed by atoms with Gasteiger partial charge in [-0.1, -0.05) is 32.4 Å². The SMILES string of the molecule is CC#CC(C)C1CCC2C3CCC4=CC(=O)C=CC4(C)C3CCC12C. The third-order valence-corrected chi connectivity index (χ3v) is 8.61. The number of ketones is 1. The Hall–Kier alpha value is -1.29. The van der Waals surface area contributed by atoms with Gasteiger partial charge in [0.05, 0.1) is 0 Å². The van der Waals surface area contributed by atoms with Crippen molar-refractivity contribution in [3.8, 4) is 11.8 Å². The molecule has 0 heterocycles. The predicted molar refractivity (Wildman–Crippen MR) is 103 cm³/mol. The lowest BCUT2D eigenvalue weighted by Gasteiger charge is -2.57. The summed E-state index contributed by atoms with van der Waals surface area (Å²) in [5.74, 6) is 10.5. The highest BCUT2D eigenvalue weighted by Crippen LogP contribution is 2.66. The van der Waals surface area contributed by atoms with Crippen LogP contribution in [0.1, 0.15) is 66.2 Å². The molecular formula is C24H32O. The quantitative estimate of drug-likeness (QED) is 0.572. The topological polar surface area (TPSA) is 17.1 Å². The largest absolute Gasteiger partial charge is 0.290 e. The minimum atomic E-state index is 0.130. The third kappa shape index (κ3) is 2.40. The Labute approximate surface area is 153 Å². The fraction of sp³-hybridized carbons (Fsp3) is 0.708. The van der Waals surface area contributed by atoms with E-state index in [-0.39, 0.29) is 11.2 Å². The Morgan fingerprint density at radius 2 is 1.96 bits per heavy atom. The second-order valence-electron chi connectivity index (χ2n) is 9.51. The lowest BCUT2D eigenvalue weighted by molar-refractivity contribution is -0.111. The summed E-state index contributed by atoms with van der Waals surface area (Å²) in [6.07, 6.45) is 13.8. The molecule has 0 saturated heterocycles. The van der Waals surface area contributed by atoms with Gasteiger partial charge in [-0.2, -0.15) is 0 Å². The molecule has 1 heteroatoms. The number of hydrogen-bond donors (Lipinski definition) is 0. The van der Waals surface area contributed by atoms with Crippen LogP contribution in [-0.4, -0.2) is 5.78 Å². The summed E-state index contributed by atoms with van der Waals surface area (Å²) in [6, 6.07) is 0. The van der Waals surface area contributed by atoms with Crippen LogP contribution in [-0.2, 0) is 4.79 Å². The van der Waals surface area contributed by atoms with Crippen molar-refractivity contribution in [1.29, 1.82) is 0 Å². The van der Waals surface area contributed by atoms with Crippen LogP contribution in [0.5, 0.6) is 0 Å². The van der Waals surface area contributed by atoms with E-state index in [1.165, 1.54) is 37.7 Å². The first-order chi connectivity index (χ1) is 11.9. The Balaban J connectivity index is 1.64. The summed E-state index contributed by atoms with van der Waals surface area (Å²) >= 11 is 0. The number of carbonyl (C=O) groups is 1. The molecule has 4 rings (SSSR count). The normalized spacial score (nSPS) is 46.2. The molecule has 0 aromatic rings. The molecule has 3 fully saturated rings. The summed E-state index contributed by atoms with van der Waals surface area (Å²) in [4.78, 5) is 11.9. The molecule has 0 N–H and O–H groups in total. The number of fused-ring (bicyclic) bond motifs is 5. The van der Waals surface area contributed by atoms with Crippen molar-refractivity contribution in [3.05, 3.63) is 23.8 Å². The van der Waals surface area contributed by atoms with Gasteiger partial charge in [0, 0.05) is 11.3 Å². The molecule has 7 unspecified atom stereocenters. The predicted octanol–water partition coefficient (Wildman–Crippen LogP) is 5.57. The van der Waals surface area contributed by atoms with Crippen LogP contribution in [0.25, 0.3) is 0 Å². The van der Waals surface area contributed by atoms with Gasteiger partial charge in [0.15, 0.2) is 5.78 Å². The molecule has 0 aromatic heterocycles. The van der Waals surface area contributed by atoms with Crippen LogP contribution in [0.3, 0.4) is 0 Å². The van der Waals surface area contributed by atoms with E-state index in [2.05, 4.69) is 38.7 Å². The van der Waals surface area contributed by atoms with E-state index in [0.29, 0.717) is 11.3 Å². The molecule has 0 aliphatic heterocycles. The Morgan fingerprint density at radius 3 is 2.72 bits per heavy atom. The van der Waals surface area contributed by atoms with Gasteiger partial charge in [0.25, 0.3) is 0 Å². The maximum atomic E-state index is 11.9. The summed E-state index contributed by atoms with van der Waals surface area (Å²) in [6.45, 7) is 9.31. The van der Waals surface area contributed by atoms with Gasteiger partial charge in [-0.3, -0.25) is 4.79 Å². The van der Waals surface area contributed by atoms with Crippen LogP contribution < -0.4 is 0 Å². The van der Waals surface area contributed by atoms with E-state index in [0.717, 1.165) is 30.1 Å². The van der Waals surface area contributed by atoms with Crippen molar-refractivity contribution in [2.75, 3.05) is 0 Å². The standard InChI is InChI=1S/C24H32O/c1-5-6-16(2)20-9-10-21-19-8-7-17-15-18(25)11-13-23(17,3)22(19)12-14-24(20,21)4/h11,13,15-16,19-22H,7-10,12,14H2,1-4H3. The summed E-state index contributed by atoms with van der Waals surface area (Å²) in [5, 5.41) is 0. The summed E-state index contributed by atoms with van der Waals surface area (Å²) < 4.78 is 0. The van der Waals surface area contributed by atoms with E-state index < -0.39 is 0 Å². The Kier molecular flexibility index (Phi) is 4.02. The van der Waals surface area contributed by atoms with Crippen molar-refractivity contribution >= 4 is 5.78 Å².